The first-order valence-corrected chi connectivity index (χ1v) is 6.12. The summed E-state index contributed by atoms with van der Waals surface area (Å²) in [6.07, 6.45) is 3.53. The molecular weight excluding hydrogens is 234 g/mol. The molecule has 1 atom stereocenters. The molecule has 92 valence electrons. The summed E-state index contributed by atoms with van der Waals surface area (Å²) in [5.41, 5.74) is 6.59. The van der Waals surface area contributed by atoms with Crippen LogP contribution in [0.5, 0.6) is 0 Å². The quantitative estimate of drug-likeness (QED) is 0.770. The molecule has 0 amide bonds. The Bertz CT molecular complexity index is 434. The Balaban J connectivity index is 2.22. The van der Waals surface area contributed by atoms with Crippen molar-refractivity contribution in [2.45, 2.75) is 25.4 Å². The van der Waals surface area contributed by atoms with Crippen LogP contribution in [0.1, 0.15) is 25.5 Å². The fourth-order valence-corrected chi connectivity index (χ4v) is 2.30. The molecule has 1 saturated heterocycles. The second-order valence-electron chi connectivity index (χ2n) is 4.79. The van der Waals surface area contributed by atoms with Gasteiger partial charge < -0.3 is 15.7 Å². The third-order valence-corrected chi connectivity index (χ3v) is 3.25. The van der Waals surface area contributed by atoms with Crippen molar-refractivity contribution in [1.82, 2.24) is 4.98 Å². The minimum atomic E-state index is -0.620. The molecule has 0 spiro atoms. The molecule has 0 bridgehead atoms. The van der Waals surface area contributed by atoms with Gasteiger partial charge in [0.05, 0.1) is 11.3 Å². The molecule has 3 N–H and O–H groups in total. The molecule has 0 aromatic carbocycles. The van der Waals surface area contributed by atoms with E-state index in [1.807, 2.05) is 19.1 Å². The van der Waals surface area contributed by atoms with Gasteiger partial charge in [0.2, 0.25) is 0 Å². The smallest absolute Gasteiger partial charge is 0.122 e. The average Bonchev–Trinajstić information content (AvgIpc) is 2.28. The number of β-amino-alcohol motifs (C(OH)–C–C–N with tert-alkyl or cyclic N) is 1. The van der Waals surface area contributed by atoms with E-state index >= 15 is 0 Å². The minimum absolute atomic E-state index is 0.301. The van der Waals surface area contributed by atoms with Crippen LogP contribution in [0.3, 0.4) is 0 Å². The average molecular weight is 251 g/mol. The van der Waals surface area contributed by atoms with Gasteiger partial charge in [-0.1, -0.05) is 12.2 Å². The van der Waals surface area contributed by atoms with Crippen LogP contribution < -0.4 is 10.6 Å². The summed E-state index contributed by atoms with van der Waals surface area (Å²) in [5.74, 6) is 0. The lowest BCUT2D eigenvalue weighted by Gasteiger charge is -2.38. The van der Waals surface area contributed by atoms with Gasteiger partial charge in [0.15, 0.2) is 0 Å². The number of aromatic nitrogens is 1. The summed E-state index contributed by atoms with van der Waals surface area (Å²) >= 11 is 4.92. The topological polar surface area (TPSA) is 62.4 Å². The van der Waals surface area contributed by atoms with Gasteiger partial charge >= 0.3 is 0 Å². The van der Waals surface area contributed by atoms with Crippen molar-refractivity contribution >= 4 is 22.9 Å². The maximum Gasteiger partial charge on any atom is 0.122 e. The summed E-state index contributed by atoms with van der Waals surface area (Å²) in [4.78, 5) is 6.56. The number of piperidine rings is 1. The first kappa shape index (κ1) is 12.3. The van der Waals surface area contributed by atoms with E-state index in [2.05, 4.69) is 9.88 Å². The number of thiocarbonyl (C=S) groups is 1. The molecule has 1 fully saturated rings. The molecule has 1 aromatic heterocycles. The fraction of sp³-hybridized carbons (Fsp3) is 0.500. The highest BCUT2D eigenvalue weighted by Gasteiger charge is 2.28. The summed E-state index contributed by atoms with van der Waals surface area (Å²) in [5, 5.41) is 10.1. The molecular formula is C12H17N3OS. The molecule has 1 aliphatic rings. The highest BCUT2D eigenvalue weighted by atomic mass is 32.1. The number of hydrogen-bond acceptors (Lipinski definition) is 4. The molecule has 1 aromatic rings. The Morgan fingerprint density at radius 3 is 3.06 bits per heavy atom. The van der Waals surface area contributed by atoms with Crippen molar-refractivity contribution in [2.24, 2.45) is 5.73 Å². The SMILES string of the molecule is CC1(O)CCCN(c2ccnc(C(N)=S)c2)C1. The summed E-state index contributed by atoms with van der Waals surface area (Å²) in [7, 11) is 0. The Morgan fingerprint density at radius 1 is 1.65 bits per heavy atom. The lowest BCUT2D eigenvalue weighted by molar-refractivity contribution is 0.0449. The maximum atomic E-state index is 10.1. The van der Waals surface area contributed by atoms with E-state index in [9.17, 15) is 5.11 Å². The van der Waals surface area contributed by atoms with Crippen molar-refractivity contribution < 1.29 is 5.11 Å². The third kappa shape index (κ3) is 2.92. The Hall–Kier alpha value is -1.20. The lowest BCUT2D eigenvalue weighted by Crippen LogP contribution is -2.46. The largest absolute Gasteiger partial charge is 0.388 e. The van der Waals surface area contributed by atoms with E-state index in [1.165, 1.54) is 0 Å². The van der Waals surface area contributed by atoms with Crippen molar-refractivity contribution in [2.75, 3.05) is 18.0 Å². The van der Waals surface area contributed by atoms with Gasteiger partial charge in [0.25, 0.3) is 0 Å². The molecule has 2 heterocycles. The van der Waals surface area contributed by atoms with Crippen molar-refractivity contribution in [3.63, 3.8) is 0 Å². The third-order valence-electron chi connectivity index (χ3n) is 3.04. The number of hydrogen-bond donors (Lipinski definition) is 2. The van der Waals surface area contributed by atoms with Gasteiger partial charge in [-0.25, -0.2) is 0 Å². The van der Waals surface area contributed by atoms with Crippen LogP contribution in [0.15, 0.2) is 18.3 Å². The van der Waals surface area contributed by atoms with Crippen LogP contribution in [-0.2, 0) is 0 Å². The minimum Gasteiger partial charge on any atom is -0.388 e. The number of nitrogens with two attached hydrogens (primary N) is 1. The van der Waals surface area contributed by atoms with Gasteiger partial charge in [-0.2, -0.15) is 0 Å². The number of nitrogens with zero attached hydrogens (tertiary/aromatic N) is 2. The number of pyridine rings is 1. The second kappa shape index (κ2) is 4.58. The summed E-state index contributed by atoms with van der Waals surface area (Å²) in [6, 6.07) is 3.80. The van der Waals surface area contributed by atoms with Gasteiger partial charge in [-0.3, -0.25) is 4.98 Å². The summed E-state index contributed by atoms with van der Waals surface area (Å²) in [6.45, 7) is 3.44. The van der Waals surface area contributed by atoms with Crippen LogP contribution >= 0.6 is 12.2 Å². The first-order valence-electron chi connectivity index (χ1n) is 5.71. The number of rotatable bonds is 2. The van der Waals surface area contributed by atoms with Gasteiger partial charge in [-0.15, -0.1) is 0 Å². The molecule has 2 rings (SSSR count). The van der Waals surface area contributed by atoms with E-state index in [0.29, 0.717) is 17.2 Å². The molecule has 5 heteroatoms. The molecule has 4 nitrogen and oxygen atoms in total. The van der Waals surface area contributed by atoms with Crippen molar-refractivity contribution in [3.05, 3.63) is 24.0 Å². The molecule has 1 aliphatic heterocycles. The van der Waals surface area contributed by atoms with Crippen LogP contribution in [-0.4, -0.2) is 33.8 Å². The standard InChI is InChI=1S/C12H17N3OS/c1-12(16)4-2-6-15(8-12)9-3-5-14-10(7-9)11(13)17/h3,5,7,16H,2,4,6,8H2,1H3,(H2,13,17). The van der Waals surface area contributed by atoms with Crippen molar-refractivity contribution in [1.29, 1.82) is 0 Å². The predicted molar refractivity (Wildman–Crippen MR) is 72.2 cm³/mol. The highest BCUT2D eigenvalue weighted by molar-refractivity contribution is 7.80. The molecule has 0 radical (unpaired) electrons. The number of anilines is 1. The van der Waals surface area contributed by atoms with Crippen molar-refractivity contribution in [3.8, 4) is 0 Å². The zero-order valence-corrected chi connectivity index (χ0v) is 10.7. The fourth-order valence-electron chi connectivity index (χ4n) is 2.19. The molecule has 1 unspecified atom stereocenters. The van der Waals surface area contributed by atoms with E-state index in [4.69, 9.17) is 18.0 Å². The van der Waals surface area contributed by atoms with E-state index in [-0.39, 0.29) is 0 Å². The molecule has 17 heavy (non-hydrogen) atoms. The predicted octanol–water partition coefficient (Wildman–Crippen LogP) is 1.07. The number of aliphatic hydroxyl groups is 1. The van der Waals surface area contributed by atoms with Crippen LogP contribution in [0.4, 0.5) is 5.69 Å². The van der Waals surface area contributed by atoms with Gasteiger partial charge in [-0.05, 0) is 31.9 Å². The van der Waals surface area contributed by atoms with E-state index < -0.39 is 5.60 Å². The monoisotopic (exact) mass is 251 g/mol. The zero-order valence-electron chi connectivity index (χ0n) is 9.89. The zero-order chi connectivity index (χ0) is 12.5. The van der Waals surface area contributed by atoms with E-state index in [0.717, 1.165) is 25.1 Å². The maximum absolute atomic E-state index is 10.1. The van der Waals surface area contributed by atoms with Gasteiger partial charge in [0.1, 0.15) is 4.99 Å². The van der Waals surface area contributed by atoms with E-state index in [1.54, 1.807) is 6.20 Å². The summed E-state index contributed by atoms with van der Waals surface area (Å²) < 4.78 is 0. The van der Waals surface area contributed by atoms with Crippen LogP contribution in [0.25, 0.3) is 0 Å². The Morgan fingerprint density at radius 2 is 2.41 bits per heavy atom. The van der Waals surface area contributed by atoms with Crippen LogP contribution in [0.2, 0.25) is 0 Å². The Labute approximate surface area is 106 Å². The van der Waals surface area contributed by atoms with Gasteiger partial charge in [0, 0.05) is 25.0 Å². The first-order chi connectivity index (χ1) is 7.98. The Kier molecular flexibility index (Phi) is 3.31. The second-order valence-corrected chi connectivity index (χ2v) is 5.23. The lowest BCUT2D eigenvalue weighted by atomic mass is 9.95. The molecule has 0 saturated carbocycles. The highest BCUT2D eigenvalue weighted by Crippen LogP contribution is 2.25. The normalized spacial score (nSPS) is 24.7. The molecule has 0 aliphatic carbocycles. The van der Waals surface area contributed by atoms with Crippen LogP contribution in [0, 0.1) is 0 Å².